The minimum atomic E-state index is -1.40. The van der Waals surface area contributed by atoms with Crippen molar-refractivity contribution < 1.29 is 29.7 Å². The van der Waals surface area contributed by atoms with E-state index >= 15 is 0 Å². The number of carboxylic acids is 1. The molecule has 4 rings (SSSR count). The summed E-state index contributed by atoms with van der Waals surface area (Å²) in [5.41, 5.74) is 4.94. The Morgan fingerprint density at radius 1 is 0.826 bits per heavy atom. The van der Waals surface area contributed by atoms with Crippen LogP contribution >= 0.6 is 34.8 Å². The molecule has 0 unspecified atom stereocenters. The number of aromatic nitrogens is 1. The molecule has 0 aliphatic heterocycles. The quantitative estimate of drug-likeness (QED) is 0.137. The summed E-state index contributed by atoms with van der Waals surface area (Å²) in [6.45, 7) is 2.38. The monoisotopic (exact) mass is 688 g/mol. The standard InChI is InChI=1S/C24H21Cl2N3O7.C8H10ClN/c1-12(13-6-8-15(25)9-7-13)28-22(34)19-20(32)18(21(33)27-10-17(30)31)23(35)29(24(19)36)11-14-4-2-3-5-16(14)26;1-6(10)7-2-4-8(9)5-3-7/h2-9,12,32,36H,10-11H2,1H3,(H,27,33)(H,28,34)(H,30,31);2-6H,10H2,1H3/t12-;6-/m11/s1. The summed E-state index contributed by atoms with van der Waals surface area (Å²) in [7, 11) is 0. The topological polar surface area (TPSA) is 184 Å². The number of carboxylic acid groups (broad SMARTS) is 1. The minimum Gasteiger partial charge on any atom is -0.506 e. The molecule has 46 heavy (non-hydrogen) atoms. The lowest BCUT2D eigenvalue weighted by atomic mass is 10.1. The molecular weight excluding hydrogens is 659 g/mol. The smallest absolute Gasteiger partial charge is 0.322 e. The first kappa shape index (κ1) is 35.9. The van der Waals surface area contributed by atoms with Crippen LogP contribution < -0.4 is 21.9 Å². The summed E-state index contributed by atoms with van der Waals surface area (Å²) in [5, 5.41) is 36.5. The first-order valence-electron chi connectivity index (χ1n) is 13.7. The molecule has 1 heterocycles. The molecule has 0 spiro atoms. The summed E-state index contributed by atoms with van der Waals surface area (Å²) in [5.74, 6) is -5.64. The number of hydrogen-bond acceptors (Lipinski definition) is 7. The van der Waals surface area contributed by atoms with E-state index in [0.29, 0.717) is 20.7 Å². The van der Waals surface area contributed by atoms with Crippen LogP contribution in [0.1, 0.15) is 63.3 Å². The van der Waals surface area contributed by atoms with E-state index in [9.17, 15) is 29.4 Å². The van der Waals surface area contributed by atoms with Crippen molar-refractivity contribution in [1.29, 1.82) is 0 Å². The molecule has 7 N–H and O–H groups in total. The minimum absolute atomic E-state index is 0.0947. The van der Waals surface area contributed by atoms with Gasteiger partial charge in [0.15, 0.2) is 5.75 Å². The van der Waals surface area contributed by atoms with Gasteiger partial charge in [-0.15, -0.1) is 0 Å². The first-order chi connectivity index (χ1) is 21.7. The van der Waals surface area contributed by atoms with Gasteiger partial charge < -0.3 is 31.7 Å². The molecule has 0 aliphatic rings. The van der Waals surface area contributed by atoms with Gasteiger partial charge in [-0.1, -0.05) is 77.3 Å². The Hall–Kier alpha value is -4.55. The molecule has 0 aliphatic carbocycles. The van der Waals surface area contributed by atoms with E-state index in [1.807, 2.05) is 36.5 Å². The van der Waals surface area contributed by atoms with Crippen LogP contribution in [-0.4, -0.2) is 44.2 Å². The fourth-order valence-corrected chi connectivity index (χ4v) is 4.62. The third-order valence-corrected chi connectivity index (χ3v) is 7.54. The second kappa shape index (κ2) is 16.1. The SMILES string of the molecule is C[C@@H](N)c1ccc(Cl)cc1.C[C@@H](NC(=O)c1c(O)c(C(=O)NCC(=O)O)c(=O)n(Cc2ccccc2Cl)c1O)c1ccc(Cl)cc1. The molecule has 4 aromatic rings. The van der Waals surface area contributed by atoms with Crippen molar-refractivity contribution in [1.82, 2.24) is 15.2 Å². The number of nitrogens with zero attached hydrogens (tertiary/aromatic N) is 1. The van der Waals surface area contributed by atoms with Crippen molar-refractivity contribution in [3.63, 3.8) is 0 Å². The zero-order valence-corrected chi connectivity index (χ0v) is 26.9. The highest BCUT2D eigenvalue weighted by molar-refractivity contribution is 6.31. The Bertz CT molecular complexity index is 1780. The number of amides is 2. The third-order valence-electron chi connectivity index (χ3n) is 6.67. The van der Waals surface area contributed by atoms with Crippen molar-refractivity contribution >= 4 is 52.6 Å². The largest absolute Gasteiger partial charge is 0.506 e. The number of carbonyl (C=O) groups excluding carboxylic acids is 2. The van der Waals surface area contributed by atoms with Crippen molar-refractivity contribution in [2.75, 3.05) is 6.54 Å². The van der Waals surface area contributed by atoms with Crippen LogP contribution in [0.2, 0.25) is 15.1 Å². The predicted octanol–water partition coefficient (Wildman–Crippen LogP) is 5.28. The molecule has 2 atom stereocenters. The summed E-state index contributed by atoms with van der Waals surface area (Å²) in [6, 6.07) is 20.0. The predicted molar refractivity (Wildman–Crippen MR) is 176 cm³/mol. The van der Waals surface area contributed by atoms with Gasteiger partial charge in [0.05, 0.1) is 12.6 Å². The van der Waals surface area contributed by atoms with Crippen LogP contribution in [0.25, 0.3) is 0 Å². The zero-order valence-electron chi connectivity index (χ0n) is 24.6. The van der Waals surface area contributed by atoms with Crippen molar-refractivity contribution in [2.24, 2.45) is 5.73 Å². The van der Waals surface area contributed by atoms with Crippen molar-refractivity contribution in [2.45, 2.75) is 32.5 Å². The third kappa shape index (κ3) is 9.24. The number of aromatic hydroxyl groups is 2. The lowest BCUT2D eigenvalue weighted by Crippen LogP contribution is -2.37. The van der Waals surface area contributed by atoms with Gasteiger partial charge in [0.2, 0.25) is 5.88 Å². The molecule has 0 saturated carbocycles. The second-order valence-corrected chi connectivity index (χ2v) is 11.3. The molecule has 0 saturated heterocycles. The Labute approximate surface area is 279 Å². The van der Waals surface area contributed by atoms with Crippen LogP contribution in [0.15, 0.2) is 77.6 Å². The number of nitrogens with two attached hydrogens (primary N) is 1. The summed E-state index contributed by atoms with van der Waals surface area (Å²) in [4.78, 5) is 49.7. The van der Waals surface area contributed by atoms with Gasteiger partial charge in [-0.2, -0.15) is 0 Å². The Morgan fingerprint density at radius 2 is 1.37 bits per heavy atom. The number of pyridine rings is 1. The number of hydrogen-bond donors (Lipinski definition) is 6. The van der Waals surface area contributed by atoms with E-state index in [2.05, 4.69) is 5.32 Å². The number of aliphatic carboxylic acids is 1. The van der Waals surface area contributed by atoms with Gasteiger partial charge >= 0.3 is 5.97 Å². The van der Waals surface area contributed by atoms with Crippen LogP contribution in [0.3, 0.4) is 0 Å². The van der Waals surface area contributed by atoms with E-state index < -0.39 is 58.7 Å². The summed E-state index contributed by atoms with van der Waals surface area (Å²) >= 11 is 17.7. The second-order valence-electron chi connectivity index (χ2n) is 10.1. The van der Waals surface area contributed by atoms with Crippen LogP contribution in [0.4, 0.5) is 0 Å². The van der Waals surface area contributed by atoms with E-state index in [-0.39, 0.29) is 17.6 Å². The maximum Gasteiger partial charge on any atom is 0.322 e. The number of rotatable bonds is 9. The lowest BCUT2D eigenvalue weighted by molar-refractivity contribution is -0.135. The van der Waals surface area contributed by atoms with Gasteiger partial charge in [0, 0.05) is 21.1 Å². The molecular formula is C32H31Cl3N4O7. The van der Waals surface area contributed by atoms with Crippen LogP contribution in [0, 0.1) is 0 Å². The highest BCUT2D eigenvalue weighted by Gasteiger charge is 2.30. The Morgan fingerprint density at radius 3 is 1.89 bits per heavy atom. The zero-order chi connectivity index (χ0) is 34.1. The average Bonchev–Trinajstić information content (AvgIpc) is 3.00. The summed E-state index contributed by atoms with van der Waals surface area (Å²) < 4.78 is 0.693. The molecule has 242 valence electrons. The molecule has 0 bridgehead atoms. The van der Waals surface area contributed by atoms with Gasteiger partial charge in [0.1, 0.15) is 17.7 Å². The number of nitrogens with one attached hydrogen (secondary N) is 2. The highest BCUT2D eigenvalue weighted by atomic mass is 35.5. The van der Waals surface area contributed by atoms with Gasteiger partial charge in [0.25, 0.3) is 17.4 Å². The molecule has 11 nitrogen and oxygen atoms in total. The van der Waals surface area contributed by atoms with Gasteiger partial charge in [-0.25, -0.2) is 0 Å². The Balaban J connectivity index is 0.000000489. The van der Waals surface area contributed by atoms with Crippen LogP contribution in [-0.2, 0) is 11.3 Å². The van der Waals surface area contributed by atoms with E-state index in [1.54, 1.807) is 55.5 Å². The molecule has 1 aromatic heterocycles. The van der Waals surface area contributed by atoms with Gasteiger partial charge in [-0.05, 0) is 60.9 Å². The highest BCUT2D eigenvalue weighted by Crippen LogP contribution is 2.30. The first-order valence-corrected chi connectivity index (χ1v) is 14.8. The van der Waals surface area contributed by atoms with Gasteiger partial charge in [-0.3, -0.25) is 23.7 Å². The van der Waals surface area contributed by atoms with Crippen molar-refractivity contribution in [3.05, 3.63) is 126 Å². The fourth-order valence-electron chi connectivity index (χ4n) is 4.17. The van der Waals surface area contributed by atoms with E-state index in [1.165, 1.54) is 0 Å². The van der Waals surface area contributed by atoms with E-state index in [0.717, 1.165) is 10.6 Å². The summed E-state index contributed by atoms with van der Waals surface area (Å²) in [6.07, 6.45) is 0. The maximum absolute atomic E-state index is 13.1. The molecule has 0 fully saturated rings. The number of halogens is 3. The molecule has 2 amide bonds. The molecule has 14 heteroatoms. The number of carbonyl (C=O) groups is 3. The normalized spacial score (nSPS) is 11.9. The van der Waals surface area contributed by atoms with Crippen LogP contribution in [0.5, 0.6) is 11.6 Å². The van der Waals surface area contributed by atoms with E-state index in [4.69, 9.17) is 45.6 Å². The lowest BCUT2D eigenvalue weighted by Gasteiger charge is -2.19. The fraction of sp³-hybridized carbons (Fsp3) is 0.188. The molecule has 0 radical (unpaired) electrons. The average molecular weight is 690 g/mol. The van der Waals surface area contributed by atoms with Crippen molar-refractivity contribution in [3.8, 4) is 11.6 Å². The Kier molecular flexibility index (Phi) is 12.6. The molecule has 3 aromatic carbocycles. The number of benzene rings is 3. The maximum atomic E-state index is 13.1.